The van der Waals surface area contributed by atoms with Gasteiger partial charge < -0.3 is 9.80 Å². The van der Waals surface area contributed by atoms with Gasteiger partial charge in [-0.2, -0.15) is 0 Å². The normalized spacial score (nSPS) is 11.1. The van der Waals surface area contributed by atoms with Crippen molar-refractivity contribution in [1.82, 2.24) is 0 Å². The Labute approximate surface area is 242 Å². The fourth-order valence-corrected chi connectivity index (χ4v) is 6.69. The lowest BCUT2D eigenvalue weighted by Gasteiger charge is -2.26. The highest BCUT2D eigenvalue weighted by Gasteiger charge is 2.19. The molecule has 0 N–H and O–H groups in total. The van der Waals surface area contributed by atoms with Crippen LogP contribution in [0.5, 0.6) is 0 Å². The number of anilines is 6. The van der Waals surface area contributed by atoms with Crippen molar-refractivity contribution >= 4 is 77.2 Å². The Balaban J connectivity index is 1.43. The molecule has 6 aromatic carbocycles. The zero-order valence-electron chi connectivity index (χ0n) is 21.6. The summed E-state index contributed by atoms with van der Waals surface area (Å²) in [4.78, 5) is 4.54. The van der Waals surface area contributed by atoms with E-state index in [1.54, 1.807) is 11.3 Å². The zero-order valence-corrected chi connectivity index (χ0v) is 23.2. The monoisotopic (exact) mass is 552 g/mol. The van der Waals surface area contributed by atoms with Crippen LogP contribution in [-0.4, -0.2) is 0 Å². The van der Waals surface area contributed by atoms with Gasteiger partial charge >= 0.3 is 0 Å². The van der Waals surface area contributed by atoms with Crippen molar-refractivity contribution in [2.45, 2.75) is 0 Å². The molecule has 0 unspecified atom stereocenters. The minimum atomic E-state index is 0.724. The Bertz CT molecular complexity index is 1820. The molecular weight excluding hydrogens is 528 g/mol. The van der Waals surface area contributed by atoms with Gasteiger partial charge in [0.1, 0.15) is 0 Å². The molecule has 2 nitrogen and oxygen atoms in total. The smallest absolute Gasteiger partial charge is 0.0661 e. The van der Waals surface area contributed by atoms with Gasteiger partial charge in [0.15, 0.2) is 0 Å². The van der Waals surface area contributed by atoms with Crippen LogP contribution in [-0.2, 0) is 0 Å². The second-order valence-electron chi connectivity index (χ2n) is 9.60. The first-order valence-electron chi connectivity index (χ1n) is 13.2. The maximum absolute atomic E-state index is 7.02. The molecule has 192 valence electrons. The number of nitrogens with zero attached hydrogens (tertiary/aromatic N) is 2. The van der Waals surface area contributed by atoms with Crippen LogP contribution < -0.4 is 9.80 Å². The number of thiophene rings is 1. The highest BCUT2D eigenvalue weighted by atomic mass is 35.5. The lowest BCUT2D eigenvalue weighted by molar-refractivity contribution is 1.29. The molecule has 0 saturated carbocycles. The van der Waals surface area contributed by atoms with Crippen LogP contribution in [0.1, 0.15) is 0 Å². The van der Waals surface area contributed by atoms with Gasteiger partial charge in [-0.05, 0) is 78.9 Å². The van der Waals surface area contributed by atoms with Gasteiger partial charge in [-0.3, -0.25) is 0 Å². The molecule has 1 heterocycles. The van der Waals surface area contributed by atoms with Gasteiger partial charge in [-0.25, -0.2) is 0 Å². The van der Waals surface area contributed by atoms with E-state index in [-0.39, 0.29) is 0 Å². The van der Waals surface area contributed by atoms with Crippen molar-refractivity contribution in [1.29, 1.82) is 0 Å². The highest BCUT2D eigenvalue weighted by Crippen LogP contribution is 2.46. The molecule has 7 rings (SSSR count). The van der Waals surface area contributed by atoms with Crippen molar-refractivity contribution in [3.8, 4) is 0 Å². The number of halogens is 1. The predicted molar refractivity (Wildman–Crippen MR) is 174 cm³/mol. The van der Waals surface area contributed by atoms with Crippen LogP contribution >= 0.6 is 22.9 Å². The van der Waals surface area contributed by atoms with Gasteiger partial charge in [-0.1, -0.05) is 84.4 Å². The van der Waals surface area contributed by atoms with Gasteiger partial charge in [0, 0.05) is 48.6 Å². The first-order chi connectivity index (χ1) is 19.8. The summed E-state index contributed by atoms with van der Waals surface area (Å²) in [5, 5.41) is 3.13. The average Bonchev–Trinajstić information content (AvgIpc) is 3.36. The van der Waals surface area contributed by atoms with Crippen molar-refractivity contribution in [2.24, 2.45) is 0 Å². The number of benzene rings is 6. The molecule has 4 heteroatoms. The molecule has 0 bridgehead atoms. The fraction of sp³-hybridized carbons (Fsp3) is 0. The van der Waals surface area contributed by atoms with Crippen molar-refractivity contribution in [3.63, 3.8) is 0 Å². The summed E-state index contributed by atoms with van der Waals surface area (Å²) in [6.07, 6.45) is 0. The maximum Gasteiger partial charge on any atom is 0.0661 e. The largest absolute Gasteiger partial charge is 0.310 e. The van der Waals surface area contributed by atoms with Crippen molar-refractivity contribution in [3.05, 3.63) is 157 Å². The summed E-state index contributed by atoms with van der Waals surface area (Å²) in [5.41, 5.74) is 6.44. The van der Waals surface area contributed by atoms with Gasteiger partial charge in [-0.15, -0.1) is 11.3 Å². The van der Waals surface area contributed by atoms with E-state index in [0.717, 1.165) is 39.1 Å². The van der Waals surface area contributed by atoms with Gasteiger partial charge in [0.2, 0.25) is 0 Å². The van der Waals surface area contributed by atoms with E-state index in [1.165, 1.54) is 20.2 Å². The van der Waals surface area contributed by atoms with E-state index in [4.69, 9.17) is 11.6 Å². The average molecular weight is 553 g/mol. The molecule has 0 spiro atoms. The Morgan fingerprint density at radius 3 is 1.35 bits per heavy atom. The lowest BCUT2D eigenvalue weighted by Crippen LogP contribution is -2.10. The van der Waals surface area contributed by atoms with E-state index < -0.39 is 0 Å². The topological polar surface area (TPSA) is 6.48 Å². The van der Waals surface area contributed by atoms with Crippen molar-refractivity contribution in [2.75, 3.05) is 9.80 Å². The molecule has 0 aliphatic heterocycles. The molecule has 0 saturated heterocycles. The van der Waals surface area contributed by atoms with Gasteiger partial charge in [0.25, 0.3) is 0 Å². The van der Waals surface area contributed by atoms with Crippen LogP contribution in [0.25, 0.3) is 20.2 Å². The van der Waals surface area contributed by atoms with E-state index in [1.807, 2.05) is 12.1 Å². The second kappa shape index (κ2) is 10.5. The minimum Gasteiger partial charge on any atom is -0.310 e. The number of hydrogen-bond donors (Lipinski definition) is 0. The molecule has 7 aromatic rings. The van der Waals surface area contributed by atoms with Crippen LogP contribution in [0.2, 0.25) is 5.02 Å². The zero-order chi connectivity index (χ0) is 26.9. The second-order valence-corrected chi connectivity index (χ2v) is 11.1. The molecular formula is C36H25ClN2S. The fourth-order valence-electron chi connectivity index (χ4n) is 5.27. The van der Waals surface area contributed by atoms with Crippen LogP contribution in [0.3, 0.4) is 0 Å². The summed E-state index contributed by atoms with van der Waals surface area (Å²) in [7, 11) is 0. The number of fused-ring (bicyclic) bond motifs is 3. The molecule has 0 amide bonds. The minimum absolute atomic E-state index is 0.724. The van der Waals surface area contributed by atoms with Gasteiger partial charge in [0.05, 0.1) is 10.7 Å². The summed E-state index contributed by atoms with van der Waals surface area (Å²) in [5.74, 6) is 0. The number of para-hydroxylation sites is 4. The molecule has 0 aliphatic carbocycles. The predicted octanol–water partition coefficient (Wildman–Crippen LogP) is 11.6. The van der Waals surface area contributed by atoms with Crippen LogP contribution in [0, 0.1) is 0 Å². The standard InChI is InChI=1S/C36H25ClN2S/c37-33-25-36-32(24-34(33)39(28-17-9-3-10-18-28)29-19-11-4-12-20-29)31-23-30(21-22-35(31)40-36)38(26-13-5-1-6-14-26)27-15-7-2-8-16-27/h1-25H. The molecule has 1 aromatic heterocycles. The summed E-state index contributed by atoms with van der Waals surface area (Å²) < 4.78 is 2.41. The SMILES string of the molecule is Clc1cc2sc3ccc(N(c4ccccc4)c4ccccc4)cc3c2cc1N(c1ccccc1)c1ccccc1. The molecule has 40 heavy (non-hydrogen) atoms. The Morgan fingerprint density at radius 1 is 0.400 bits per heavy atom. The highest BCUT2D eigenvalue weighted by molar-refractivity contribution is 7.25. The molecule has 0 aliphatic rings. The van der Waals surface area contributed by atoms with Crippen molar-refractivity contribution < 1.29 is 0 Å². The maximum atomic E-state index is 7.02. The number of hydrogen-bond acceptors (Lipinski definition) is 3. The number of rotatable bonds is 6. The molecule has 0 radical (unpaired) electrons. The summed E-state index contributed by atoms with van der Waals surface area (Å²) in [6.45, 7) is 0. The molecule has 0 fully saturated rings. The van der Waals surface area contributed by atoms with E-state index >= 15 is 0 Å². The Morgan fingerprint density at radius 2 is 0.850 bits per heavy atom. The first-order valence-corrected chi connectivity index (χ1v) is 14.4. The third-order valence-electron chi connectivity index (χ3n) is 7.08. The third kappa shape index (κ3) is 4.50. The van der Waals surface area contributed by atoms with Crippen LogP contribution in [0.4, 0.5) is 34.1 Å². The Hall–Kier alpha value is -4.57. The quantitative estimate of drug-likeness (QED) is 0.202. The van der Waals surface area contributed by atoms with Crippen LogP contribution in [0.15, 0.2) is 152 Å². The first kappa shape index (κ1) is 24.5. The summed E-state index contributed by atoms with van der Waals surface area (Å²) >= 11 is 8.80. The lowest BCUT2D eigenvalue weighted by atomic mass is 10.1. The third-order valence-corrected chi connectivity index (χ3v) is 8.52. The Kier molecular flexibility index (Phi) is 6.45. The summed E-state index contributed by atoms with van der Waals surface area (Å²) in [6, 6.07) is 53.0. The van der Waals surface area contributed by atoms with E-state index in [0.29, 0.717) is 0 Å². The van der Waals surface area contributed by atoms with E-state index in [9.17, 15) is 0 Å². The molecule has 0 atom stereocenters. The van der Waals surface area contributed by atoms with E-state index in [2.05, 4.69) is 149 Å².